The van der Waals surface area contributed by atoms with E-state index in [2.05, 4.69) is 4.98 Å². The lowest BCUT2D eigenvalue weighted by atomic mass is 10.1. The minimum atomic E-state index is -0.418. The molecule has 0 bridgehead atoms. The van der Waals surface area contributed by atoms with Crippen molar-refractivity contribution in [3.63, 3.8) is 0 Å². The Labute approximate surface area is 128 Å². The number of imidazole rings is 1. The standard InChI is InChI=1S/C17H17N3O2/c1-3-22-17(21)16-11(2)20(10-19-16)14-9-8-12-6-4-5-7-13(12)15(14)18/h4-10H,3,18H2,1-2H3. The van der Waals surface area contributed by atoms with Gasteiger partial charge in [-0.3, -0.25) is 0 Å². The van der Waals surface area contributed by atoms with E-state index >= 15 is 0 Å². The van der Waals surface area contributed by atoms with Crippen molar-refractivity contribution in [3.8, 4) is 5.69 Å². The molecule has 112 valence electrons. The molecule has 2 N–H and O–H groups in total. The number of anilines is 1. The van der Waals surface area contributed by atoms with E-state index in [1.54, 1.807) is 13.3 Å². The number of hydrogen-bond acceptors (Lipinski definition) is 4. The first kappa shape index (κ1) is 14.1. The van der Waals surface area contributed by atoms with Crippen LogP contribution in [0.15, 0.2) is 42.7 Å². The summed E-state index contributed by atoms with van der Waals surface area (Å²) in [7, 11) is 0. The van der Waals surface area contributed by atoms with Crippen LogP contribution in [0.4, 0.5) is 5.69 Å². The molecular weight excluding hydrogens is 278 g/mol. The Balaban J connectivity index is 2.12. The molecule has 0 saturated heterocycles. The number of fused-ring (bicyclic) bond motifs is 1. The van der Waals surface area contributed by atoms with Crippen LogP contribution < -0.4 is 5.73 Å². The number of aromatic nitrogens is 2. The van der Waals surface area contributed by atoms with Crippen molar-refractivity contribution < 1.29 is 9.53 Å². The number of nitrogens with zero attached hydrogens (tertiary/aromatic N) is 2. The van der Waals surface area contributed by atoms with Gasteiger partial charge in [-0.15, -0.1) is 0 Å². The minimum absolute atomic E-state index is 0.314. The molecule has 0 aliphatic rings. The molecule has 0 saturated carbocycles. The van der Waals surface area contributed by atoms with E-state index in [9.17, 15) is 4.79 Å². The summed E-state index contributed by atoms with van der Waals surface area (Å²) in [4.78, 5) is 16.0. The van der Waals surface area contributed by atoms with Gasteiger partial charge in [-0.1, -0.05) is 30.3 Å². The van der Waals surface area contributed by atoms with Crippen LogP contribution in [-0.4, -0.2) is 22.1 Å². The van der Waals surface area contributed by atoms with E-state index in [1.807, 2.05) is 47.9 Å². The number of carbonyl (C=O) groups is 1. The second-order valence-electron chi connectivity index (χ2n) is 4.99. The zero-order valence-electron chi connectivity index (χ0n) is 12.5. The molecule has 3 rings (SSSR count). The second kappa shape index (κ2) is 5.52. The quantitative estimate of drug-likeness (QED) is 0.595. The third-order valence-corrected chi connectivity index (χ3v) is 3.68. The van der Waals surface area contributed by atoms with E-state index in [0.29, 0.717) is 23.7 Å². The molecule has 2 aromatic carbocycles. The minimum Gasteiger partial charge on any atom is -0.461 e. The predicted molar refractivity (Wildman–Crippen MR) is 86.2 cm³/mol. The third kappa shape index (κ3) is 2.20. The maximum absolute atomic E-state index is 11.9. The van der Waals surface area contributed by atoms with Crippen LogP contribution >= 0.6 is 0 Å². The van der Waals surface area contributed by atoms with Gasteiger partial charge in [0.2, 0.25) is 0 Å². The normalized spacial score (nSPS) is 10.8. The molecule has 5 heteroatoms. The van der Waals surface area contributed by atoms with E-state index in [0.717, 1.165) is 16.5 Å². The molecule has 0 spiro atoms. The number of nitrogen functional groups attached to an aromatic ring is 1. The summed E-state index contributed by atoms with van der Waals surface area (Å²) < 4.78 is 6.83. The molecule has 3 aromatic rings. The summed E-state index contributed by atoms with van der Waals surface area (Å²) in [5, 5.41) is 2.05. The fourth-order valence-corrected chi connectivity index (χ4v) is 2.55. The third-order valence-electron chi connectivity index (χ3n) is 3.68. The van der Waals surface area contributed by atoms with Crippen molar-refractivity contribution >= 4 is 22.4 Å². The first-order valence-corrected chi connectivity index (χ1v) is 7.12. The lowest BCUT2D eigenvalue weighted by molar-refractivity contribution is 0.0519. The van der Waals surface area contributed by atoms with Gasteiger partial charge in [0.15, 0.2) is 5.69 Å². The van der Waals surface area contributed by atoms with Crippen LogP contribution in [0.1, 0.15) is 23.1 Å². The summed E-state index contributed by atoms with van der Waals surface area (Å²) >= 11 is 0. The van der Waals surface area contributed by atoms with Crippen molar-refractivity contribution in [1.29, 1.82) is 0 Å². The molecule has 1 heterocycles. The van der Waals surface area contributed by atoms with Crippen LogP contribution in [-0.2, 0) is 4.74 Å². The fraction of sp³-hybridized carbons (Fsp3) is 0.176. The smallest absolute Gasteiger partial charge is 0.358 e. The monoisotopic (exact) mass is 295 g/mol. The summed E-state index contributed by atoms with van der Waals surface area (Å²) in [6.45, 7) is 3.92. The lowest BCUT2D eigenvalue weighted by Crippen LogP contribution is -2.08. The Morgan fingerprint density at radius 2 is 2.05 bits per heavy atom. The van der Waals surface area contributed by atoms with E-state index in [4.69, 9.17) is 10.5 Å². The molecule has 0 radical (unpaired) electrons. The fourth-order valence-electron chi connectivity index (χ4n) is 2.55. The number of ether oxygens (including phenoxy) is 1. The van der Waals surface area contributed by atoms with Crippen LogP contribution in [0.5, 0.6) is 0 Å². The molecule has 1 aromatic heterocycles. The number of esters is 1. The Morgan fingerprint density at radius 3 is 2.82 bits per heavy atom. The first-order chi connectivity index (χ1) is 10.6. The number of carbonyl (C=O) groups excluding carboxylic acids is 1. The zero-order chi connectivity index (χ0) is 15.7. The summed E-state index contributed by atoms with van der Waals surface area (Å²) in [5.41, 5.74) is 8.79. The topological polar surface area (TPSA) is 70.1 Å². The highest BCUT2D eigenvalue weighted by atomic mass is 16.5. The molecule has 0 aliphatic heterocycles. The van der Waals surface area contributed by atoms with Gasteiger partial charge >= 0.3 is 5.97 Å². The SMILES string of the molecule is CCOC(=O)c1ncn(-c2ccc3ccccc3c2N)c1C. The molecule has 0 aliphatic carbocycles. The van der Waals surface area contributed by atoms with Crippen LogP contribution in [0, 0.1) is 6.92 Å². The van der Waals surface area contributed by atoms with E-state index in [-0.39, 0.29) is 0 Å². The lowest BCUT2D eigenvalue weighted by Gasteiger charge is -2.11. The maximum atomic E-state index is 11.9. The van der Waals surface area contributed by atoms with Crippen molar-refractivity contribution in [1.82, 2.24) is 9.55 Å². The highest BCUT2D eigenvalue weighted by Crippen LogP contribution is 2.28. The number of benzene rings is 2. The van der Waals surface area contributed by atoms with E-state index < -0.39 is 5.97 Å². The molecule has 5 nitrogen and oxygen atoms in total. The van der Waals surface area contributed by atoms with Gasteiger partial charge in [-0.05, 0) is 25.3 Å². The van der Waals surface area contributed by atoms with Gasteiger partial charge in [0, 0.05) is 5.39 Å². The van der Waals surface area contributed by atoms with Crippen LogP contribution in [0.3, 0.4) is 0 Å². The summed E-state index contributed by atoms with van der Waals surface area (Å²) in [6.07, 6.45) is 1.60. The highest BCUT2D eigenvalue weighted by Gasteiger charge is 2.18. The number of nitrogens with two attached hydrogens (primary N) is 1. The summed E-state index contributed by atoms with van der Waals surface area (Å²) in [5.74, 6) is -0.418. The maximum Gasteiger partial charge on any atom is 0.358 e. The van der Waals surface area contributed by atoms with E-state index in [1.165, 1.54) is 0 Å². The van der Waals surface area contributed by atoms with Crippen molar-refractivity contribution in [2.45, 2.75) is 13.8 Å². The number of hydrogen-bond donors (Lipinski definition) is 1. The zero-order valence-corrected chi connectivity index (χ0v) is 12.5. The van der Waals surface area contributed by atoms with Gasteiger partial charge in [-0.25, -0.2) is 9.78 Å². The van der Waals surface area contributed by atoms with Gasteiger partial charge in [-0.2, -0.15) is 0 Å². The van der Waals surface area contributed by atoms with Crippen LogP contribution in [0.2, 0.25) is 0 Å². The van der Waals surface area contributed by atoms with Crippen LogP contribution in [0.25, 0.3) is 16.5 Å². The molecule has 0 atom stereocenters. The Bertz CT molecular complexity index is 852. The van der Waals surface area contributed by atoms with Crippen molar-refractivity contribution in [2.24, 2.45) is 0 Å². The largest absolute Gasteiger partial charge is 0.461 e. The number of rotatable bonds is 3. The van der Waals surface area contributed by atoms with Crippen molar-refractivity contribution in [3.05, 3.63) is 54.1 Å². The molecule has 22 heavy (non-hydrogen) atoms. The molecule has 0 unspecified atom stereocenters. The highest BCUT2D eigenvalue weighted by molar-refractivity contribution is 5.97. The first-order valence-electron chi connectivity index (χ1n) is 7.12. The van der Waals surface area contributed by atoms with Gasteiger partial charge < -0.3 is 15.0 Å². The Hall–Kier alpha value is -2.82. The molecule has 0 amide bonds. The summed E-state index contributed by atoms with van der Waals surface area (Å²) in [6, 6.07) is 11.9. The average Bonchev–Trinajstić information content (AvgIpc) is 2.90. The Morgan fingerprint density at radius 1 is 1.27 bits per heavy atom. The predicted octanol–water partition coefficient (Wildman–Crippen LogP) is 3.09. The Kier molecular flexibility index (Phi) is 3.55. The van der Waals surface area contributed by atoms with Gasteiger partial charge in [0.1, 0.15) is 6.33 Å². The average molecular weight is 295 g/mol. The van der Waals surface area contributed by atoms with Gasteiger partial charge in [0.05, 0.1) is 23.7 Å². The molecular formula is C17H17N3O2. The van der Waals surface area contributed by atoms with Crippen molar-refractivity contribution in [2.75, 3.05) is 12.3 Å². The van der Waals surface area contributed by atoms with Gasteiger partial charge in [0.25, 0.3) is 0 Å². The second-order valence-corrected chi connectivity index (χ2v) is 4.99. The molecule has 0 fully saturated rings.